The Bertz CT molecular complexity index is 423. The third-order valence-electron chi connectivity index (χ3n) is 1.46. The topological polar surface area (TPSA) is 52.1 Å². The molecule has 1 rings (SSSR count). The van der Waals surface area contributed by atoms with E-state index in [4.69, 9.17) is 16.3 Å². The number of rotatable bonds is 3. The molecule has 0 radical (unpaired) electrons. The molecule has 17 heavy (non-hydrogen) atoms. The van der Waals surface area contributed by atoms with Crippen LogP contribution in [0.2, 0.25) is 5.15 Å². The van der Waals surface area contributed by atoms with Crippen LogP contribution >= 0.6 is 39.3 Å². The van der Waals surface area contributed by atoms with E-state index in [2.05, 4.69) is 25.9 Å². The lowest BCUT2D eigenvalue weighted by molar-refractivity contribution is -0.151. The first-order valence-corrected chi connectivity index (χ1v) is 6.96. The Balaban J connectivity index is 2.56. The minimum atomic E-state index is -0.474. The molecule has 0 aliphatic carbocycles. The molecule has 0 aliphatic heterocycles. The zero-order chi connectivity index (χ0) is 13.1. The number of esters is 1. The van der Waals surface area contributed by atoms with Gasteiger partial charge in [-0.2, -0.15) is 0 Å². The maximum atomic E-state index is 11.5. The highest BCUT2D eigenvalue weighted by molar-refractivity contribution is 9.10. The second-order valence-corrected chi connectivity index (χ2v) is 6.27. The van der Waals surface area contributed by atoms with Gasteiger partial charge in [-0.3, -0.25) is 4.79 Å². The Hall–Kier alpha value is -0.330. The number of ether oxygens (including phenoxy) is 1. The number of thioether (sulfide) groups is 1. The van der Waals surface area contributed by atoms with Gasteiger partial charge < -0.3 is 4.74 Å². The number of hydrogen-bond donors (Lipinski definition) is 0. The predicted octanol–water partition coefficient (Wildman–Crippen LogP) is 3.33. The van der Waals surface area contributed by atoms with Crippen molar-refractivity contribution in [3.05, 3.63) is 16.0 Å². The van der Waals surface area contributed by atoms with Gasteiger partial charge in [-0.1, -0.05) is 23.4 Å². The molecule has 0 N–H and O–H groups in total. The van der Waals surface area contributed by atoms with E-state index in [0.717, 1.165) is 0 Å². The van der Waals surface area contributed by atoms with Gasteiger partial charge in [0.1, 0.15) is 22.1 Å². The van der Waals surface area contributed by atoms with Gasteiger partial charge in [0.15, 0.2) is 0 Å². The van der Waals surface area contributed by atoms with Crippen molar-refractivity contribution in [2.45, 2.75) is 31.4 Å². The van der Waals surface area contributed by atoms with Crippen LogP contribution in [0.3, 0.4) is 0 Å². The normalized spacial score (nSPS) is 11.4. The zero-order valence-corrected chi connectivity index (χ0v) is 12.8. The first-order chi connectivity index (χ1) is 7.79. The molecule has 0 saturated carbocycles. The second kappa shape index (κ2) is 6.02. The smallest absolute Gasteiger partial charge is 0.316 e. The van der Waals surface area contributed by atoms with Crippen LogP contribution in [-0.4, -0.2) is 27.3 Å². The van der Waals surface area contributed by atoms with Gasteiger partial charge in [-0.05, 0) is 36.7 Å². The van der Waals surface area contributed by atoms with E-state index in [9.17, 15) is 4.79 Å². The molecule has 1 aromatic rings. The molecule has 0 amide bonds. The Morgan fingerprint density at radius 1 is 1.53 bits per heavy atom. The van der Waals surface area contributed by atoms with Gasteiger partial charge in [0, 0.05) is 0 Å². The third kappa shape index (κ3) is 5.23. The van der Waals surface area contributed by atoms with Gasteiger partial charge in [-0.15, -0.1) is 0 Å². The van der Waals surface area contributed by atoms with Crippen molar-refractivity contribution in [2.75, 3.05) is 5.75 Å². The average Bonchev–Trinajstić information content (AvgIpc) is 2.18. The zero-order valence-electron chi connectivity index (χ0n) is 9.66. The van der Waals surface area contributed by atoms with Crippen molar-refractivity contribution in [3.63, 3.8) is 0 Å². The molecular weight excluding hydrogens is 328 g/mol. The maximum absolute atomic E-state index is 11.5. The van der Waals surface area contributed by atoms with Gasteiger partial charge in [-0.25, -0.2) is 9.97 Å². The molecule has 0 atom stereocenters. The fourth-order valence-corrected chi connectivity index (χ4v) is 2.33. The lowest BCUT2D eigenvalue weighted by Crippen LogP contribution is -2.24. The van der Waals surface area contributed by atoms with Crippen molar-refractivity contribution < 1.29 is 9.53 Å². The molecule has 0 fully saturated rings. The Morgan fingerprint density at radius 2 is 2.18 bits per heavy atom. The van der Waals surface area contributed by atoms with Crippen LogP contribution in [0.1, 0.15) is 20.8 Å². The number of aromatic nitrogens is 2. The van der Waals surface area contributed by atoms with E-state index >= 15 is 0 Å². The van der Waals surface area contributed by atoms with Crippen molar-refractivity contribution in [1.82, 2.24) is 9.97 Å². The van der Waals surface area contributed by atoms with E-state index in [1.165, 1.54) is 18.1 Å². The highest BCUT2D eigenvalue weighted by Crippen LogP contribution is 2.29. The molecule has 94 valence electrons. The molecular formula is C10H12BrClN2O2S. The summed E-state index contributed by atoms with van der Waals surface area (Å²) < 4.78 is 5.77. The minimum Gasteiger partial charge on any atom is -0.459 e. The van der Waals surface area contributed by atoms with Crippen molar-refractivity contribution in [2.24, 2.45) is 0 Å². The summed E-state index contributed by atoms with van der Waals surface area (Å²) in [5.41, 5.74) is -0.474. The fraction of sp³-hybridized carbons (Fsp3) is 0.500. The Labute approximate surface area is 118 Å². The molecule has 0 spiro atoms. The number of halogens is 2. The van der Waals surface area contributed by atoms with Crippen LogP contribution in [0.5, 0.6) is 0 Å². The lowest BCUT2D eigenvalue weighted by Gasteiger charge is -2.19. The van der Waals surface area contributed by atoms with Gasteiger partial charge in [0.2, 0.25) is 0 Å². The summed E-state index contributed by atoms with van der Waals surface area (Å²) in [6.07, 6.45) is 1.35. The first kappa shape index (κ1) is 14.7. The SMILES string of the molecule is CC(C)(C)OC(=O)CSc1ncnc(Cl)c1Br. The summed E-state index contributed by atoms with van der Waals surface area (Å²) >= 11 is 10.3. The van der Waals surface area contributed by atoms with Crippen LogP contribution in [0.25, 0.3) is 0 Å². The molecule has 1 heterocycles. The largest absolute Gasteiger partial charge is 0.459 e. The maximum Gasteiger partial charge on any atom is 0.316 e. The molecule has 4 nitrogen and oxygen atoms in total. The molecule has 7 heteroatoms. The van der Waals surface area contributed by atoms with E-state index in [-0.39, 0.29) is 11.7 Å². The molecule has 0 saturated heterocycles. The van der Waals surface area contributed by atoms with E-state index < -0.39 is 5.60 Å². The average molecular weight is 340 g/mol. The number of hydrogen-bond acceptors (Lipinski definition) is 5. The van der Waals surface area contributed by atoms with Gasteiger partial charge in [0.05, 0.1) is 10.2 Å². The third-order valence-corrected chi connectivity index (χ3v) is 3.95. The monoisotopic (exact) mass is 338 g/mol. The summed E-state index contributed by atoms with van der Waals surface area (Å²) in [4.78, 5) is 19.3. The van der Waals surface area contributed by atoms with Crippen molar-refractivity contribution in [3.8, 4) is 0 Å². The van der Waals surface area contributed by atoms with Crippen LogP contribution in [0.4, 0.5) is 0 Å². The Kier molecular flexibility index (Phi) is 5.22. The van der Waals surface area contributed by atoms with Crippen LogP contribution in [0, 0.1) is 0 Å². The summed E-state index contributed by atoms with van der Waals surface area (Å²) in [7, 11) is 0. The van der Waals surface area contributed by atoms with Crippen LogP contribution in [0.15, 0.2) is 15.8 Å². The van der Waals surface area contributed by atoms with E-state index in [0.29, 0.717) is 14.7 Å². The first-order valence-electron chi connectivity index (χ1n) is 4.80. The molecule has 0 unspecified atom stereocenters. The number of carbonyl (C=O) groups excluding carboxylic acids is 1. The Morgan fingerprint density at radius 3 is 2.76 bits per heavy atom. The summed E-state index contributed by atoms with van der Waals surface area (Å²) in [6.45, 7) is 5.48. The van der Waals surface area contributed by atoms with Crippen LogP contribution < -0.4 is 0 Å². The molecule has 1 aromatic heterocycles. The quantitative estimate of drug-likeness (QED) is 0.480. The van der Waals surface area contributed by atoms with Crippen molar-refractivity contribution >= 4 is 45.3 Å². The number of carbonyl (C=O) groups is 1. The van der Waals surface area contributed by atoms with E-state index in [1.807, 2.05) is 20.8 Å². The summed E-state index contributed by atoms with van der Waals surface area (Å²) in [5, 5.41) is 0.947. The summed E-state index contributed by atoms with van der Waals surface area (Å²) in [6, 6.07) is 0. The van der Waals surface area contributed by atoms with Gasteiger partial charge >= 0.3 is 5.97 Å². The molecule has 0 aliphatic rings. The minimum absolute atomic E-state index is 0.184. The molecule has 0 bridgehead atoms. The lowest BCUT2D eigenvalue weighted by atomic mass is 10.2. The van der Waals surface area contributed by atoms with Crippen LogP contribution in [-0.2, 0) is 9.53 Å². The fourth-order valence-electron chi connectivity index (χ4n) is 0.932. The molecule has 0 aromatic carbocycles. The number of nitrogens with zero attached hydrogens (tertiary/aromatic N) is 2. The standard InChI is InChI=1S/C10H12BrClN2O2S/c1-10(2,3)16-6(15)4-17-9-7(11)8(12)13-5-14-9/h5H,4H2,1-3H3. The second-order valence-electron chi connectivity index (χ2n) is 4.16. The predicted molar refractivity (Wildman–Crippen MR) is 71.3 cm³/mol. The highest BCUT2D eigenvalue weighted by atomic mass is 79.9. The van der Waals surface area contributed by atoms with Gasteiger partial charge in [0.25, 0.3) is 0 Å². The highest BCUT2D eigenvalue weighted by Gasteiger charge is 2.17. The van der Waals surface area contributed by atoms with Crippen molar-refractivity contribution in [1.29, 1.82) is 0 Å². The van der Waals surface area contributed by atoms with E-state index in [1.54, 1.807) is 0 Å². The summed E-state index contributed by atoms with van der Waals surface area (Å²) in [5.74, 6) is -0.104.